The fraction of sp³-hybridized carbons (Fsp3) is 0.231. The number of hydrogen-bond donors (Lipinski definition) is 1. The van der Waals surface area contributed by atoms with E-state index in [-0.39, 0.29) is 0 Å². The Balaban J connectivity index is 1.66. The highest BCUT2D eigenvalue weighted by molar-refractivity contribution is 6.32. The minimum absolute atomic E-state index is 0.294. The molecule has 0 aliphatic rings. The van der Waals surface area contributed by atoms with Crippen LogP contribution in [-0.4, -0.2) is 32.9 Å². The van der Waals surface area contributed by atoms with E-state index in [9.17, 15) is 4.79 Å². The molecule has 3 rings (SSSR count). The first-order valence-electron chi connectivity index (χ1n) is 10.8. The van der Waals surface area contributed by atoms with Crippen LogP contribution in [-0.2, 0) is 6.61 Å². The monoisotopic (exact) mass is 516 g/mol. The van der Waals surface area contributed by atoms with Crippen LogP contribution in [0.5, 0.6) is 23.0 Å². The van der Waals surface area contributed by atoms with Gasteiger partial charge in [-0.2, -0.15) is 5.10 Å². The first-order valence-corrected chi connectivity index (χ1v) is 11.6. The lowest BCUT2D eigenvalue weighted by Gasteiger charge is -2.13. The fourth-order valence-corrected chi connectivity index (χ4v) is 3.46. The van der Waals surface area contributed by atoms with Gasteiger partial charge in [0.1, 0.15) is 6.61 Å². The third-order valence-electron chi connectivity index (χ3n) is 4.82. The number of hydrazone groups is 1. The third-order valence-corrected chi connectivity index (χ3v) is 5.35. The van der Waals surface area contributed by atoms with Crippen LogP contribution in [0.3, 0.4) is 0 Å². The maximum atomic E-state index is 12.5. The minimum Gasteiger partial charge on any atom is -0.493 e. The van der Waals surface area contributed by atoms with Crippen molar-refractivity contribution in [3.05, 3.63) is 81.3 Å². The van der Waals surface area contributed by atoms with Crippen LogP contribution in [0.4, 0.5) is 0 Å². The van der Waals surface area contributed by atoms with Crippen molar-refractivity contribution in [2.45, 2.75) is 20.0 Å². The molecule has 0 radical (unpaired) electrons. The van der Waals surface area contributed by atoms with Crippen molar-refractivity contribution in [3.63, 3.8) is 0 Å². The summed E-state index contributed by atoms with van der Waals surface area (Å²) in [5.74, 6) is 1.49. The SMILES string of the molecule is CCCOc1ccc(C(=O)N/N=C/c2cc(Cl)c(OCc3ccc(Cl)cc3)c(OC)c2)cc1OC. The minimum atomic E-state index is -0.400. The van der Waals surface area contributed by atoms with Crippen LogP contribution in [0.25, 0.3) is 0 Å². The van der Waals surface area contributed by atoms with E-state index in [1.165, 1.54) is 20.4 Å². The number of hydrogen-bond acceptors (Lipinski definition) is 6. The molecule has 1 N–H and O–H groups in total. The molecule has 184 valence electrons. The first kappa shape index (κ1) is 26.2. The molecule has 7 nitrogen and oxygen atoms in total. The number of nitrogens with zero attached hydrogens (tertiary/aromatic N) is 1. The summed E-state index contributed by atoms with van der Waals surface area (Å²) >= 11 is 12.3. The Kier molecular flexibility index (Phi) is 9.64. The summed E-state index contributed by atoms with van der Waals surface area (Å²) in [4.78, 5) is 12.5. The van der Waals surface area contributed by atoms with Gasteiger partial charge in [-0.25, -0.2) is 5.43 Å². The third kappa shape index (κ3) is 7.28. The molecule has 0 aliphatic heterocycles. The zero-order valence-electron chi connectivity index (χ0n) is 19.6. The average Bonchev–Trinajstić information content (AvgIpc) is 2.87. The Morgan fingerprint density at radius 3 is 2.37 bits per heavy atom. The Bertz CT molecular complexity index is 1180. The molecule has 0 fully saturated rings. The number of methoxy groups -OCH3 is 2. The normalized spacial score (nSPS) is 10.8. The van der Waals surface area contributed by atoms with Crippen molar-refractivity contribution in [2.24, 2.45) is 5.10 Å². The molecule has 35 heavy (non-hydrogen) atoms. The molecule has 0 saturated carbocycles. The van der Waals surface area contributed by atoms with E-state index in [1.54, 1.807) is 42.5 Å². The topological polar surface area (TPSA) is 78.4 Å². The molecule has 9 heteroatoms. The number of ether oxygens (including phenoxy) is 4. The molecule has 0 aliphatic carbocycles. The molecule has 0 aromatic heterocycles. The maximum Gasteiger partial charge on any atom is 0.271 e. The van der Waals surface area contributed by atoms with Gasteiger partial charge < -0.3 is 18.9 Å². The summed E-state index contributed by atoms with van der Waals surface area (Å²) in [6.07, 6.45) is 2.33. The quantitative estimate of drug-likeness (QED) is 0.244. The lowest BCUT2D eigenvalue weighted by molar-refractivity contribution is 0.0954. The van der Waals surface area contributed by atoms with Crippen molar-refractivity contribution in [1.29, 1.82) is 0 Å². The van der Waals surface area contributed by atoms with Crippen molar-refractivity contribution in [2.75, 3.05) is 20.8 Å². The van der Waals surface area contributed by atoms with E-state index in [0.29, 0.717) is 57.4 Å². The van der Waals surface area contributed by atoms with Crippen LogP contribution in [0.1, 0.15) is 34.8 Å². The van der Waals surface area contributed by atoms with Crippen LogP contribution >= 0.6 is 23.2 Å². The first-order chi connectivity index (χ1) is 16.9. The van der Waals surface area contributed by atoms with Crippen LogP contribution < -0.4 is 24.4 Å². The number of amides is 1. The van der Waals surface area contributed by atoms with Gasteiger partial charge in [0, 0.05) is 10.6 Å². The Morgan fingerprint density at radius 1 is 0.943 bits per heavy atom. The second kappa shape index (κ2) is 12.9. The standard InChI is InChI=1S/C26H26Cl2N2O5/c1-4-11-34-22-10-7-19(14-23(22)32-2)26(31)30-29-15-18-12-21(28)25(24(13-18)33-3)35-16-17-5-8-20(27)9-6-17/h5-10,12-15H,4,11,16H2,1-3H3,(H,30,31)/b29-15+. The van der Waals surface area contributed by atoms with E-state index < -0.39 is 5.91 Å². The second-order valence-corrected chi connectivity index (χ2v) is 8.21. The fourth-order valence-electron chi connectivity index (χ4n) is 3.06. The predicted octanol–water partition coefficient (Wildman–Crippen LogP) is 6.14. The molecule has 0 spiro atoms. The summed E-state index contributed by atoms with van der Waals surface area (Å²) < 4.78 is 22.2. The van der Waals surface area contributed by atoms with E-state index in [1.807, 2.05) is 19.1 Å². The van der Waals surface area contributed by atoms with E-state index in [4.69, 9.17) is 42.1 Å². The summed E-state index contributed by atoms with van der Waals surface area (Å²) in [5, 5.41) is 5.03. The molecular formula is C26H26Cl2N2O5. The van der Waals surface area contributed by atoms with Crippen LogP contribution in [0, 0.1) is 0 Å². The lowest BCUT2D eigenvalue weighted by atomic mass is 10.2. The highest BCUT2D eigenvalue weighted by atomic mass is 35.5. The van der Waals surface area contributed by atoms with E-state index in [2.05, 4.69) is 10.5 Å². The van der Waals surface area contributed by atoms with Gasteiger partial charge in [0.2, 0.25) is 0 Å². The highest BCUT2D eigenvalue weighted by Crippen LogP contribution is 2.36. The molecule has 0 heterocycles. The Labute approximate surface area is 214 Å². The predicted molar refractivity (Wildman–Crippen MR) is 138 cm³/mol. The summed E-state index contributed by atoms with van der Waals surface area (Å²) in [6.45, 7) is 2.86. The largest absolute Gasteiger partial charge is 0.493 e. The zero-order chi connectivity index (χ0) is 25.2. The van der Waals surface area contributed by atoms with Crippen LogP contribution in [0.2, 0.25) is 10.0 Å². The van der Waals surface area contributed by atoms with Gasteiger partial charge in [-0.15, -0.1) is 0 Å². The number of rotatable bonds is 11. The molecule has 0 bridgehead atoms. The summed E-state index contributed by atoms with van der Waals surface area (Å²) in [7, 11) is 3.04. The average molecular weight is 517 g/mol. The van der Waals surface area contributed by atoms with Gasteiger partial charge in [-0.05, 0) is 60.0 Å². The summed E-state index contributed by atoms with van der Waals surface area (Å²) in [6, 6.07) is 15.6. The molecular weight excluding hydrogens is 491 g/mol. The molecule has 0 atom stereocenters. The zero-order valence-corrected chi connectivity index (χ0v) is 21.2. The summed E-state index contributed by atoms with van der Waals surface area (Å²) in [5.41, 5.74) is 4.42. The van der Waals surface area contributed by atoms with Gasteiger partial charge >= 0.3 is 0 Å². The molecule has 0 saturated heterocycles. The van der Waals surface area contributed by atoms with Crippen molar-refractivity contribution >= 4 is 35.3 Å². The number of carbonyl (C=O) groups is 1. The number of nitrogens with one attached hydrogen (secondary N) is 1. The van der Waals surface area contributed by atoms with Gasteiger partial charge in [-0.3, -0.25) is 4.79 Å². The van der Waals surface area contributed by atoms with Gasteiger partial charge in [0.05, 0.1) is 32.1 Å². The number of carbonyl (C=O) groups excluding carboxylic acids is 1. The van der Waals surface area contributed by atoms with Gasteiger partial charge in [-0.1, -0.05) is 42.3 Å². The number of halogens is 2. The van der Waals surface area contributed by atoms with Crippen molar-refractivity contribution in [3.8, 4) is 23.0 Å². The van der Waals surface area contributed by atoms with E-state index >= 15 is 0 Å². The smallest absolute Gasteiger partial charge is 0.271 e. The van der Waals surface area contributed by atoms with Crippen molar-refractivity contribution < 1.29 is 23.7 Å². The molecule has 3 aromatic rings. The lowest BCUT2D eigenvalue weighted by Crippen LogP contribution is -2.17. The van der Waals surface area contributed by atoms with Gasteiger partial charge in [0.25, 0.3) is 5.91 Å². The number of benzene rings is 3. The molecule has 0 unspecified atom stereocenters. The van der Waals surface area contributed by atoms with Crippen LogP contribution in [0.15, 0.2) is 59.7 Å². The van der Waals surface area contributed by atoms with E-state index in [0.717, 1.165) is 12.0 Å². The van der Waals surface area contributed by atoms with Crippen molar-refractivity contribution in [1.82, 2.24) is 5.43 Å². The maximum absolute atomic E-state index is 12.5. The Morgan fingerprint density at radius 2 is 1.69 bits per heavy atom. The van der Waals surface area contributed by atoms with Gasteiger partial charge in [0.15, 0.2) is 23.0 Å². The Hall–Kier alpha value is -3.42. The molecule has 1 amide bonds. The second-order valence-electron chi connectivity index (χ2n) is 7.36. The molecule has 3 aromatic carbocycles. The highest BCUT2D eigenvalue weighted by Gasteiger charge is 2.13.